The summed E-state index contributed by atoms with van der Waals surface area (Å²) >= 11 is 1.33. The average Bonchev–Trinajstić information content (AvgIpc) is 2.63. The fourth-order valence-electron chi connectivity index (χ4n) is 0.508. The van der Waals surface area contributed by atoms with E-state index in [1.165, 1.54) is 11.9 Å². The van der Waals surface area contributed by atoms with E-state index in [4.69, 9.17) is 5.11 Å². The lowest BCUT2D eigenvalue weighted by Gasteiger charge is -1.98. The number of carbonyl (C=O) groups is 2. The maximum Gasteiger partial charge on any atom is 0.312 e. The predicted molar refractivity (Wildman–Crippen MR) is 41.0 cm³/mol. The number of hydrogen-bond acceptors (Lipinski definition) is 3. The van der Waals surface area contributed by atoms with Gasteiger partial charge >= 0.3 is 5.97 Å². The molecule has 1 aliphatic rings. The van der Waals surface area contributed by atoms with Gasteiger partial charge < -0.3 is 5.11 Å². The number of hydrogen-bond donors (Lipinski definition) is 2. The van der Waals surface area contributed by atoms with E-state index in [1.54, 1.807) is 0 Å². The molecule has 1 aliphatic carbocycles. The summed E-state index contributed by atoms with van der Waals surface area (Å²) in [5.41, 5.74) is 0. The molecular weight excluding hydrogens is 166 g/mol. The van der Waals surface area contributed by atoms with Crippen LogP contribution < -0.4 is 4.72 Å². The molecule has 0 aromatic carbocycles. The smallest absolute Gasteiger partial charge is 0.312 e. The topological polar surface area (TPSA) is 66.4 Å². The summed E-state index contributed by atoms with van der Waals surface area (Å²) in [4.78, 5) is 20.7. The molecule has 11 heavy (non-hydrogen) atoms. The molecule has 62 valence electrons. The first kappa shape index (κ1) is 8.39. The van der Waals surface area contributed by atoms with Gasteiger partial charge in [-0.15, -0.1) is 0 Å². The highest BCUT2D eigenvalue weighted by Crippen LogP contribution is 2.31. The second kappa shape index (κ2) is 3.61. The molecule has 1 saturated carbocycles. The summed E-state index contributed by atoms with van der Waals surface area (Å²) in [6.07, 6.45) is 1.82. The molecule has 0 aliphatic heterocycles. The molecule has 0 atom stereocenters. The molecule has 5 heteroatoms. The van der Waals surface area contributed by atoms with Gasteiger partial charge in [-0.1, -0.05) is 0 Å². The van der Waals surface area contributed by atoms with Crippen molar-refractivity contribution in [3.05, 3.63) is 0 Å². The fourth-order valence-corrected chi connectivity index (χ4v) is 1.25. The molecule has 1 rings (SSSR count). The first-order valence-corrected chi connectivity index (χ1v) is 4.22. The van der Waals surface area contributed by atoms with Gasteiger partial charge in [0.25, 0.3) is 0 Å². The molecule has 2 N–H and O–H groups in total. The summed E-state index contributed by atoms with van der Waals surface area (Å²) in [5.74, 6) is -1.51. The zero-order valence-electron chi connectivity index (χ0n) is 5.87. The van der Waals surface area contributed by atoms with Crippen LogP contribution >= 0.6 is 11.9 Å². The third-order valence-electron chi connectivity index (χ3n) is 1.18. The summed E-state index contributed by atoms with van der Waals surface area (Å²) in [6.45, 7) is 0. The lowest BCUT2D eigenvalue weighted by atomic mass is 10.4. The second-order valence-corrected chi connectivity index (χ2v) is 3.52. The van der Waals surface area contributed by atoms with Crippen molar-refractivity contribution < 1.29 is 14.7 Å². The van der Waals surface area contributed by atoms with Crippen molar-refractivity contribution in [3.63, 3.8) is 0 Å². The van der Waals surface area contributed by atoms with Crippen molar-refractivity contribution >= 4 is 23.8 Å². The van der Waals surface area contributed by atoms with Crippen LogP contribution in [0.3, 0.4) is 0 Å². The average molecular weight is 175 g/mol. The monoisotopic (exact) mass is 175 g/mol. The van der Waals surface area contributed by atoms with Crippen molar-refractivity contribution in [3.8, 4) is 0 Å². The van der Waals surface area contributed by atoms with Crippen molar-refractivity contribution in [1.29, 1.82) is 0 Å². The maximum absolute atomic E-state index is 10.7. The van der Waals surface area contributed by atoms with Gasteiger partial charge in [0, 0.05) is 5.25 Å². The van der Waals surface area contributed by atoms with Crippen LogP contribution in [0.25, 0.3) is 0 Å². The van der Waals surface area contributed by atoms with Crippen LogP contribution in [-0.4, -0.2) is 22.2 Å². The van der Waals surface area contributed by atoms with Gasteiger partial charge in [0.05, 0.1) is 0 Å². The molecule has 0 spiro atoms. The Morgan fingerprint density at radius 2 is 2.18 bits per heavy atom. The Morgan fingerprint density at radius 1 is 1.55 bits per heavy atom. The highest BCUT2D eigenvalue weighted by atomic mass is 32.2. The summed E-state index contributed by atoms with van der Waals surface area (Å²) in [7, 11) is 0. The number of rotatable bonds is 4. The third-order valence-corrected chi connectivity index (χ3v) is 2.33. The predicted octanol–water partition coefficient (Wildman–Crippen LogP) is 0.388. The van der Waals surface area contributed by atoms with Gasteiger partial charge in [0.15, 0.2) is 0 Å². The Hall–Kier alpha value is -0.710. The van der Waals surface area contributed by atoms with E-state index in [1.807, 2.05) is 0 Å². The SMILES string of the molecule is O=C(O)CC(=O)NSC1CC1. The number of carboxylic acids is 1. The number of aliphatic carboxylic acids is 1. The van der Waals surface area contributed by atoms with E-state index < -0.39 is 18.3 Å². The summed E-state index contributed by atoms with van der Waals surface area (Å²) in [5, 5.41) is 8.72. The van der Waals surface area contributed by atoms with Crippen LogP contribution in [-0.2, 0) is 9.59 Å². The Kier molecular flexibility index (Phi) is 2.76. The van der Waals surface area contributed by atoms with E-state index in [0.717, 1.165) is 12.8 Å². The van der Waals surface area contributed by atoms with E-state index in [-0.39, 0.29) is 0 Å². The minimum atomic E-state index is -1.08. The minimum absolute atomic E-state index is 0.422. The molecule has 0 aromatic heterocycles. The fraction of sp³-hybridized carbons (Fsp3) is 0.667. The highest BCUT2D eigenvalue weighted by Gasteiger charge is 2.23. The standard InChI is InChI=1S/C6H9NO3S/c8-5(3-6(9)10)7-11-4-1-2-4/h4H,1-3H2,(H,7,8)(H,9,10). The second-order valence-electron chi connectivity index (χ2n) is 2.41. The van der Waals surface area contributed by atoms with E-state index in [0.29, 0.717) is 5.25 Å². The zero-order valence-corrected chi connectivity index (χ0v) is 6.69. The lowest BCUT2D eigenvalue weighted by molar-refractivity contribution is -0.140. The molecule has 1 amide bonds. The van der Waals surface area contributed by atoms with Gasteiger partial charge in [-0.25, -0.2) is 0 Å². The Labute approximate surface area is 68.5 Å². The number of amides is 1. The van der Waals surface area contributed by atoms with Gasteiger partial charge in [0.2, 0.25) is 5.91 Å². The highest BCUT2D eigenvalue weighted by molar-refractivity contribution is 7.98. The van der Waals surface area contributed by atoms with Crippen LogP contribution in [0.4, 0.5) is 0 Å². The third kappa shape index (κ3) is 3.87. The summed E-state index contributed by atoms with van der Waals surface area (Å²) in [6, 6.07) is 0. The van der Waals surface area contributed by atoms with E-state index in [2.05, 4.69) is 4.72 Å². The minimum Gasteiger partial charge on any atom is -0.481 e. The first-order valence-electron chi connectivity index (χ1n) is 3.35. The van der Waals surface area contributed by atoms with Crippen LogP contribution in [0.5, 0.6) is 0 Å². The largest absolute Gasteiger partial charge is 0.481 e. The van der Waals surface area contributed by atoms with Crippen molar-refractivity contribution in [2.45, 2.75) is 24.5 Å². The maximum atomic E-state index is 10.7. The number of carboxylic acid groups (broad SMARTS) is 1. The quantitative estimate of drug-likeness (QED) is 0.479. The summed E-state index contributed by atoms with van der Waals surface area (Å²) < 4.78 is 2.47. The van der Waals surface area contributed by atoms with E-state index >= 15 is 0 Å². The van der Waals surface area contributed by atoms with Crippen LogP contribution in [0, 0.1) is 0 Å². The molecule has 0 heterocycles. The number of carbonyl (C=O) groups excluding carboxylic acids is 1. The Balaban J connectivity index is 2.04. The number of nitrogens with one attached hydrogen (secondary N) is 1. The molecule has 0 radical (unpaired) electrons. The van der Waals surface area contributed by atoms with E-state index in [9.17, 15) is 9.59 Å². The normalized spacial score (nSPS) is 16.0. The molecular formula is C6H9NO3S. The Bertz CT molecular complexity index is 179. The zero-order chi connectivity index (χ0) is 8.27. The molecule has 1 fully saturated rings. The van der Waals surface area contributed by atoms with Crippen molar-refractivity contribution in [1.82, 2.24) is 4.72 Å². The van der Waals surface area contributed by atoms with Crippen LogP contribution in [0.2, 0.25) is 0 Å². The van der Waals surface area contributed by atoms with Crippen molar-refractivity contribution in [2.24, 2.45) is 0 Å². The molecule has 0 aromatic rings. The van der Waals surface area contributed by atoms with Crippen LogP contribution in [0.15, 0.2) is 0 Å². The Morgan fingerprint density at radius 3 is 2.64 bits per heavy atom. The molecule has 0 bridgehead atoms. The van der Waals surface area contributed by atoms with Gasteiger partial charge in [-0.2, -0.15) is 0 Å². The van der Waals surface area contributed by atoms with Gasteiger partial charge in [0.1, 0.15) is 6.42 Å². The first-order chi connectivity index (χ1) is 5.18. The molecule has 0 saturated heterocycles. The lowest BCUT2D eigenvalue weighted by Crippen LogP contribution is -2.19. The van der Waals surface area contributed by atoms with Crippen molar-refractivity contribution in [2.75, 3.05) is 0 Å². The van der Waals surface area contributed by atoms with Gasteiger partial charge in [-0.3, -0.25) is 14.3 Å². The van der Waals surface area contributed by atoms with Gasteiger partial charge in [-0.05, 0) is 24.8 Å². The molecule has 0 unspecified atom stereocenters. The molecule has 4 nitrogen and oxygen atoms in total. The van der Waals surface area contributed by atoms with Crippen LogP contribution in [0.1, 0.15) is 19.3 Å².